The van der Waals surface area contributed by atoms with Crippen LogP contribution in [0, 0.1) is 6.92 Å². The number of rotatable bonds is 4. The second-order valence-corrected chi connectivity index (χ2v) is 5.75. The molecule has 19 heavy (non-hydrogen) atoms. The van der Waals surface area contributed by atoms with Gasteiger partial charge in [-0.1, -0.05) is 0 Å². The highest BCUT2D eigenvalue weighted by Gasteiger charge is 2.17. The summed E-state index contributed by atoms with van der Waals surface area (Å²) >= 11 is 0. The standard InChI is InChI=1S/C12H14N4O2S/c1-9-7-14-6-4-10(9)8-16-19(17,18)11-3-2-5-15-12(11)13/h2-7,16H,8H2,1H3,(H2,13,15). The fraction of sp³-hybridized carbons (Fsp3) is 0.167. The summed E-state index contributed by atoms with van der Waals surface area (Å²) in [6.45, 7) is 2.06. The molecule has 6 nitrogen and oxygen atoms in total. The van der Waals surface area contributed by atoms with Gasteiger partial charge in [0.05, 0.1) is 0 Å². The van der Waals surface area contributed by atoms with E-state index in [1.807, 2.05) is 6.92 Å². The third-order valence-electron chi connectivity index (χ3n) is 2.68. The summed E-state index contributed by atoms with van der Waals surface area (Å²) in [5.41, 5.74) is 7.35. The molecule has 2 heterocycles. The minimum absolute atomic E-state index is 0.0123. The van der Waals surface area contributed by atoms with E-state index in [0.29, 0.717) is 0 Å². The van der Waals surface area contributed by atoms with E-state index in [-0.39, 0.29) is 17.3 Å². The number of hydrogen-bond acceptors (Lipinski definition) is 5. The Morgan fingerprint density at radius 1 is 1.32 bits per heavy atom. The number of nitrogens with zero attached hydrogens (tertiary/aromatic N) is 2. The fourth-order valence-corrected chi connectivity index (χ4v) is 2.67. The van der Waals surface area contributed by atoms with Crippen LogP contribution in [0.4, 0.5) is 5.82 Å². The second-order valence-electron chi connectivity index (χ2n) is 4.01. The third kappa shape index (κ3) is 3.07. The lowest BCUT2D eigenvalue weighted by atomic mass is 10.2. The van der Waals surface area contributed by atoms with Crippen molar-refractivity contribution in [2.24, 2.45) is 0 Å². The Hall–Kier alpha value is -1.99. The molecule has 100 valence electrons. The van der Waals surface area contributed by atoms with Crippen LogP contribution in [0.2, 0.25) is 0 Å². The molecule has 0 saturated carbocycles. The van der Waals surface area contributed by atoms with E-state index in [0.717, 1.165) is 11.1 Å². The van der Waals surface area contributed by atoms with Crippen LogP contribution in [0.3, 0.4) is 0 Å². The van der Waals surface area contributed by atoms with Crippen LogP contribution in [0.1, 0.15) is 11.1 Å². The Bertz CT molecular complexity index is 686. The van der Waals surface area contributed by atoms with Gasteiger partial charge in [0.1, 0.15) is 10.7 Å². The second kappa shape index (κ2) is 5.33. The van der Waals surface area contributed by atoms with Gasteiger partial charge in [0, 0.05) is 25.1 Å². The highest BCUT2D eigenvalue weighted by Crippen LogP contribution is 2.15. The van der Waals surface area contributed by atoms with Crippen molar-refractivity contribution in [3.05, 3.63) is 47.9 Å². The highest BCUT2D eigenvalue weighted by molar-refractivity contribution is 7.89. The van der Waals surface area contributed by atoms with E-state index in [2.05, 4.69) is 14.7 Å². The van der Waals surface area contributed by atoms with Crippen LogP contribution in [0.5, 0.6) is 0 Å². The van der Waals surface area contributed by atoms with E-state index < -0.39 is 10.0 Å². The predicted octanol–water partition coefficient (Wildman–Crippen LogP) is 0.846. The van der Waals surface area contributed by atoms with E-state index in [4.69, 9.17) is 5.73 Å². The molecule has 0 fully saturated rings. The largest absolute Gasteiger partial charge is 0.383 e. The van der Waals surface area contributed by atoms with E-state index in [1.54, 1.807) is 18.5 Å². The Kier molecular flexibility index (Phi) is 3.77. The van der Waals surface area contributed by atoms with Crippen molar-refractivity contribution < 1.29 is 8.42 Å². The van der Waals surface area contributed by atoms with Gasteiger partial charge in [0.2, 0.25) is 10.0 Å². The molecule has 0 aliphatic heterocycles. The lowest BCUT2D eigenvalue weighted by molar-refractivity contribution is 0.581. The van der Waals surface area contributed by atoms with Crippen LogP contribution in [-0.2, 0) is 16.6 Å². The first-order valence-corrected chi connectivity index (χ1v) is 7.08. The summed E-state index contributed by atoms with van der Waals surface area (Å²) in [5, 5.41) is 0. The number of anilines is 1. The Morgan fingerprint density at radius 3 is 2.79 bits per heavy atom. The molecule has 2 rings (SSSR count). The van der Waals surface area contributed by atoms with Crippen molar-refractivity contribution in [3.8, 4) is 0 Å². The van der Waals surface area contributed by atoms with Gasteiger partial charge in [0.15, 0.2) is 0 Å². The van der Waals surface area contributed by atoms with Crippen LogP contribution in [-0.4, -0.2) is 18.4 Å². The average Bonchev–Trinajstić information content (AvgIpc) is 2.38. The molecule has 0 amide bonds. The first-order valence-electron chi connectivity index (χ1n) is 5.60. The number of pyridine rings is 2. The van der Waals surface area contributed by atoms with Crippen molar-refractivity contribution in [2.75, 3.05) is 5.73 Å². The maximum atomic E-state index is 12.1. The number of sulfonamides is 1. The molecule has 0 bridgehead atoms. The normalized spacial score (nSPS) is 11.4. The van der Waals surface area contributed by atoms with Crippen LogP contribution < -0.4 is 10.5 Å². The highest BCUT2D eigenvalue weighted by atomic mass is 32.2. The SMILES string of the molecule is Cc1cnccc1CNS(=O)(=O)c1cccnc1N. The molecule has 3 N–H and O–H groups in total. The monoisotopic (exact) mass is 278 g/mol. The third-order valence-corrected chi connectivity index (χ3v) is 4.13. The molecule has 7 heteroatoms. The summed E-state index contributed by atoms with van der Waals surface area (Å²) < 4.78 is 26.7. The number of hydrogen-bond donors (Lipinski definition) is 2. The Morgan fingerprint density at radius 2 is 2.11 bits per heavy atom. The van der Waals surface area contributed by atoms with Crippen LogP contribution in [0.15, 0.2) is 41.7 Å². The lowest BCUT2D eigenvalue weighted by Crippen LogP contribution is -2.24. The first-order chi connectivity index (χ1) is 9.00. The zero-order chi connectivity index (χ0) is 13.9. The van der Waals surface area contributed by atoms with E-state index >= 15 is 0 Å². The minimum atomic E-state index is -3.66. The zero-order valence-corrected chi connectivity index (χ0v) is 11.2. The topological polar surface area (TPSA) is 98.0 Å². The van der Waals surface area contributed by atoms with Crippen molar-refractivity contribution in [3.63, 3.8) is 0 Å². The smallest absolute Gasteiger partial charge is 0.244 e. The fourth-order valence-electron chi connectivity index (χ4n) is 1.58. The summed E-state index contributed by atoms with van der Waals surface area (Å²) in [6.07, 6.45) is 4.75. The number of nitrogens with two attached hydrogens (primary N) is 1. The van der Waals surface area contributed by atoms with Gasteiger partial charge in [-0.15, -0.1) is 0 Å². The maximum Gasteiger partial charge on any atom is 0.244 e. The van der Waals surface area contributed by atoms with Gasteiger partial charge >= 0.3 is 0 Å². The molecule has 0 spiro atoms. The Balaban J connectivity index is 2.20. The number of nitrogens with one attached hydrogen (secondary N) is 1. The van der Waals surface area contributed by atoms with Gasteiger partial charge in [0.25, 0.3) is 0 Å². The van der Waals surface area contributed by atoms with Crippen molar-refractivity contribution in [1.82, 2.24) is 14.7 Å². The molecule has 0 saturated heterocycles. The van der Waals surface area contributed by atoms with Gasteiger partial charge < -0.3 is 5.73 Å². The molecule has 0 radical (unpaired) electrons. The summed E-state index contributed by atoms with van der Waals surface area (Å²) in [7, 11) is -3.66. The molecule has 0 atom stereocenters. The van der Waals surface area contributed by atoms with Crippen molar-refractivity contribution in [2.45, 2.75) is 18.4 Å². The van der Waals surface area contributed by atoms with Crippen LogP contribution in [0.25, 0.3) is 0 Å². The quantitative estimate of drug-likeness (QED) is 0.863. The summed E-state index contributed by atoms with van der Waals surface area (Å²) in [6, 6.07) is 4.72. The average molecular weight is 278 g/mol. The molecule has 2 aromatic heterocycles. The van der Waals surface area contributed by atoms with Gasteiger partial charge in [-0.25, -0.2) is 18.1 Å². The van der Waals surface area contributed by atoms with E-state index in [9.17, 15) is 8.42 Å². The van der Waals surface area contributed by atoms with Crippen molar-refractivity contribution in [1.29, 1.82) is 0 Å². The van der Waals surface area contributed by atoms with Gasteiger partial charge in [-0.3, -0.25) is 4.98 Å². The molecule has 0 aliphatic rings. The minimum Gasteiger partial charge on any atom is -0.383 e. The van der Waals surface area contributed by atoms with Crippen LogP contribution >= 0.6 is 0 Å². The number of aryl methyl sites for hydroxylation is 1. The summed E-state index contributed by atoms with van der Waals surface area (Å²) in [4.78, 5) is 7.71. The molecule has 0 aliphatic carbocycles. The molecule has 0 aromatic carbocycles. The van der Waals surface area contributed by atoms with Crippen molar-refractivity contribution >= 4 is 15.8 Å². The maximum absolute atomic E-state index is 12.1. The molecule has 0 unspecified atom stereocenters. The first kappa shape index (κ1) is 13.4. The summed E-state index contributed by atoms with van der Waals surface area (Å²) in [5.74, 6) is -0.0125. The molecular weight excluding hydrogens is 264 g/mol. The lowest BCUT2D eigenvalue weighted by Gasteiger charge is -2.09. The number of nitrogen functional groups attached to an aromatic ring is 1. The Labute approximate surface area is 111 Å². The zero-order valence-electron chi connectivity index (χ0n) is 10.4. The molecular formula is C12H14N4O2S. The predicted molar refractivity (Wildman–Crippen MR) is 71.6 cm³/mol. The van der Waals surface area contributed by atoms with Gasteiger partial charge in [-0.2, -0.15) is 0 Å². The molecule has 2 aromatic rings. The van der Waals surface area contributed by atoms with E-state index in [1.165, 1.54) is 18.3 Å². The van der Waals surface area contributed by atoms with Gasteiger partial charge in [-0.05, 0) is 36.2 Å². The number of aromatic nitrogens is 2.